The first kappa shape index (κ1) is 14.9. The Labute approximate surface area is 116 Å². The van der Waals surface area contributed by atoms with Gasteiger partial charge in [0.1, 0.15) is 5.82 Å². The van der Waals surface area contributed by atoms with Crippen molar-refractivity contribution < 1.29 is 9.18 Å². The summed E-state index contributed by atoms with van der Waals surface area (Å²) in [5.74, 6) is -1.26. The molecule has 0 aliphatic rings. The second-order valence-electron chi connectivity index (χ2n) is 4.09. The topological polar surface area (TPSA) is 46.3 Å². The third-order valence-electron chi connectivity index (χ3n) is 2.56. The first-order valence-corrected chi connectivity index (χ1v) is 6.12. The fourth-order valence-corrected chi connectivity index (χ4v) is 1.80. The van der Waals surface area contributed by atoms with Gasteiger partial charge in [-0.2, -0.15) is 0 Å². The summed E-state index contributed by atoms with van der Waals surface area (Å²) < 4.78 is 13.6. The van der Waals surface area contributed by atoms with Gasteiger partial charge in [0, 0.05) is 19.5 Å². The molecule has 3 nitrogen and oxygen atoms in total. The minimum Gasteiger partial charge on any atom is -0.393 e. The zero-order valence-electron chi connectivity index (χ0n) is 10.1. The van der Waals surface area contributed by atoms with E-state index in [1.807, 2.05) is 0 Å². The average molecular weight is 289 g/mol. The van der Waals surface area contributed by atoms with Crippen molar-refractivity contribution in [1.29, 1.82) is 0 Å². The van der Waals surface area contributed by atoms with Gasteiger partial charge in [-0.15, -0.1) is 0 Å². The summed E-state index contributed by atoms with van der Waals surface area (Å²) in [7, 11) is 1.56. The molecule has 18 heavy (non-hydrogen) atoms. The van der Waals surface area contributed by atoms with Crippen LogP contribution in [0.3, 0.4) is 0 Å². The average Bonchev–Trinajstić information content (AvgIpc) is 2.28. The molecule has 1 aromatic carbocycles. The van der Waals surface area contributed by atoms with E-state index in [0.29, 0.717) is 11.5 Å². The molecule has 1 unspecified atom stereocenters. The van der Waals surface area contributed by atoms with Gasteiger partial charge in [0.2, 0.25) is 0 Å². The molecule has 0 aromatic heterocycles. The van der Waals surface area contributed by atoms with Crippen LogP contribution in [0.5, 0.6) is 0 Å². The van der Waals surface area contributed by atoms with Gasteiger partial charge in [-0.3, -0.25) is 4.79 Å². The fraction of sp³-hybridized carbons (Fsp3) is 0.333. The molecule has 2 N–H and O–H groups in total. The predicted octanol–water partition coefficient (Wildman–Crippen LogP) is 2.47. The number of rotatable bonds is 4. The largest absolute Gasteiger partial charge is 0.393 e. The standard InChI is InChI=1S/C12H14ClFN2OS/c1-7(11(15)18)6-16(2)12(17)10-8(13)4-3-5-9(10)14/h3-5,7H,6H2,1-2H3,(H2,15,18). The Balaban J connectivity index is 2.90. The number of benzene rings is 1. The zero-order chi connectivity index (χ0) is 13.9. The molecule has 0 radical (unpaired) electrons. The van der Waals surface area contributed by atoms with E-state index >= 15 is 0 Å². The molecule has 6 heteroatoms. The molecule has 98 valence electrons. The van der Waals surface area contributed by atoms with Crippen LogP contribution < -0.4 is 5.73 Å². The molecule has 0 spiro atoms. The Morgan fingerprint density at radius 3 is 2.72 bits per heavy atom. The molecular weight excluding hydrogens is 275 g/mol. The van der Waals surface area contributed by atoms with Crippen LogP contribution in [0.25, 0.3) is 0 Å². The van der Waals surface area contributed by atoms with E-state index in [1.165, 1.54) is 23.1 Å². The second kappa shape index (κ2) is 6.11. The van der Waals surface area contributed by atoms with Gasteiger partial charge in [0.15, 0.2) is 0 Å². The highest BCUT2D eigenvalue weighted by atomic mass is 35.5. The lowest BCUT2D eigenvalue weighted by Gasteiger charge is -2.21. The Kier molecular flexibility index (Phi) is 5.04. The van der Waals surface area contributed by atoms with E-state index < -0.39 is 11.7 Å². The highest BCUT2D eigenvalue weighted by Crippen LogP contribution is 2.20. The van der Waals surface area contributed by atoms with Gasteiger partial charge < -0.3 is 10.6 Å². The van der Waals surface area contributed by atoms with E-state index in [-0.39, 0.29) is 16.5 Å². The minimum absolute atomic E-state index is 0.0924. The molecule has 1 amide bonds. The van der Waals surface area contributed by atoms with Crippen molar-refractivity contribution >= 4 is 34.7 Å². The van der Waals surface area contributed by atoms with Crippen molar-refractivity contribution in [1.82, 2.24) is 4.90 Å². The van der Waals surface area contributed by atoms with Crippen molar-refractivity contribution in [3.05, 3.63) is 34.6 Å². The van der Waals surface area contributed by atoms with Gasteiger partial charge in [-0.05, 0) is 12.1 Å². The van der Waals surface area contributed by atoms with Gasteiger partial charge in [0.05, 0.1) is 15.6 Å². The lowest BCUT2D eigenvalue weighted by Crippen LogP contribution is -2.36. The number of amides is 1. The number of nitrogens with two attached hydrogens (primary N) is 1. The molecule has 0 aliphatic heterocycles. The van der Waals surface area contributed by atoms with Gasteiger partial charge in [0.25, 0.3) is 5.91 Å². The summed E-state index contributed by atoms with van der Waals surface area (Å²) >= 11 is 10.7. The van der Waals surface area contributed by atoms with E-state index in [2.05, 4.69) is 0 Å². The van der Waals surface area contributed by atoms with Crippen LogP contribution in [0.4, 0.5) is 4.39 Å². The van der Waals surface area contributed by atoms with Crippen molar-refractivity contribution in [3.8, 4) is 0 Å². The summed E-state index contributed by atoms with van der Waals surface area (Å²) in [5, 5.41) is 0.0924. The number of halogens is 2. The van der Waals surface area contributed by atoms with Crippen molar-refractivity contribution in [2.24, 2.45) is 11.7 Å². The molecule has 0 bridgehead atoms. The molecular formula is C12H14ClFN2OS. The van der Waals surface area contributed by atoms with Crippen LogP contribution in [0.1, 0.15) is 17.3 Å². The van der Waals surface area contributed by atoms with Gasteiger partial charge in [-0.25, -0.2) is 4.39 Å². The SMILES string of the molecule is CC(CN(C)C(=O)c1c(F)cccc1Cl)C(N)=S. The molecule has 0 saturated heterocycles. The third-order valence-corrected chi connectivity index (χ3v) is 3.27. The Morgan fingerprint density at radius 1 is 1.61 bits per heavy atom. The normalized spacial score (nSPS) is 12.0. The Hall–Kier alpha value is -1.20. The first-order chi connectivity index (χ1) is 8.34. The quantitative estimate of drug-likeness (QED) is 0.866. The number of hydrogen-bond donors (Lipinski definition) is 1. The monoisotopic (exact) mass is 288 g/mol. The second-order valence-corrected chi connectivity index (χ2v) is 4.96. The predicted molar refractivity (Wildman–Crippen MR) is 74.3 cm³/mol. The lowest BCUT2D eigenvalue weighted by atomic mass is 10.1. The summed E-state index contributed by atoms with van der Waals surface area (Å²) in [6, 6.07) is 4.12. The Morgan fingerprint density at radius 2 is 2.22 bits per heavy atom. The third kappa shape index (κ3) is 3.40. The van der Waals surface area contributed by atoms with E-state index in [0.717, 1.165) is 0 Å². The van der Waals surface area contributed by atoms with Gasteiger partial charge in [-0.1, -0.05) is 36.8 Å². The van der Waals surface area contributed by atoms with E-state index in [1.54, 1.807) is 14.0 Å². The zero-order valence-corrected chi connectivity index (χ0v) is 11.7. The molecule has 1 rings (SSSR count). The molecule has 0 fully saturated rings. The summed E-state index contributed by atoms with van der Waals surface area (Å²) in [5.41, 5.74) is 5.35. The van der Waals surface area contributed by atoms with E-state index in [4.69, 9.17) is 29.6 Å². The number of nitrogens with zero attached hydrogens (tertiary/aromatic N) is 1. The maximum absolute atomic E-state index is 13.6. The maximum atomic E-state index is 13.6. The first-order valence-electron chi connectivity index (χ1n) is 5.33. The molecule has 1 atom stereocenters. The molecule has 0 aliphatic carbocycles. The molecule has 0 heterocycles. The Bertz CT molecular complexity index is 461. The van der Waals surface area contributed by atoms with Crippen molar-refractivity contribution in [3.63, 3.8) is 0 Å². The number of hydrogen-bond acceptors (Lipinski definition) is 2. The molecule has 0 saturated carbocycles. The van der Waals surface area contributed by atoms with Crippen LogP contribution in [0, 0.1) is 11.7 Å². The smallest absolute Gasteiger partial charge is 0.258 e. The van der Waals surface area contributed by atoms with Crippen LogP contribution in [-0.4, -0.2) is 29.4 Å². The van der Waals surface area contributed by atoms with Crippen LogP contribution in [-0.2, 0) is 0 Å². The minimum atomic E-state index is -0.637. The molecule has 1 aromatic rings. The summed E-state index contributed by atoms with van der Waals surface area (Å²) in [4.78, 5) is 13.7. The number of thiocarbonyl (C=S) groups is 1. The highest BCUT2D eigenvalue weighted by Gasteiger charge is 2.21. The van der Waals surface area contributed by atoms with Crippen molar-refractivity contribution in [2.45, 2.75) is 6.92 Å². The van der Waals surface area contributed by atoms with Crippen LogP contribution >= 0.6 is 23.8 Å². The summed E-state index contributed by atoms with van der Waals surface area (Å²) in [6.45, 7) is 2.12. The van der Waals surface area contributed by atoms with Crippen LogP contribution in [0.2, 0.25) is 5.02 Å². The number of carbonyl (C=O) groups is 1. The number of carbonyl (C=O) groups excluding carboxylic acids is 1. The van der Waals surface area contributed by atoms with Crippen LogP contribution in [0.15, 0.2) is 18.2 Å². The van der Waals surface area contributed by atoms with Crippen molar-refractivity contribution in [2.75, 3.05) is 13.6 Å². The fourth-order valence-electron chi connectivity index (χ4n) is 1.48. The maximum Gasteiger partial charge on any atom is 0.258 e. The lowest BCUT2D eigenvalue weighted by molar-refractivity contribution is 0.0782. The van der Waals surface area contributed by atoms with E-state index in [9.17, 15) is 9.18 Å². The summed E-state index contributed by atoms with van der Waals surface area (Å²) in [6.07, 6.45) is 0. The van der Waals surface area contributed by atoms with Gasteiger partial charge >= 0.3 is 0 Å². The highest BCUT2D eigenvalue weighted by molar-refractivity contribution is 7.80.